The van der Waals surface area contributed by atoms with Gasteiger partial charge in [0.25, 0.3) is 0 Å². The van der Waals surface area contributed by atoms with Crippen molar-refractivity contribution in [3.05, 3.63) is 53.1 Å². The highest BCUT2D eigenvalue weighted by molar-refractivity contribution is 5.79. The highest BCUT2D eigenvalue weighted by atomic mass is 19.1. The van der Waals surface area contributed by atoms with Crippen LogP contribution in [0.4, 0.5) is 4.39 Å². The van der Waals surface area contributed by atoms with Crippen molar-refractivity contribution in [1.82, 2.24) is 20.0 Å². The summed E-state index contributed by atoms with van der Waals surface area (Å²) in [7, 11) is 1.97. The predicted molar refractivity (Wildman–Crippen MR) is 100 cm³/mol. The van der Waals surface area contributed by atoms with Crippen LogP contribution in [0, 0.1) is 19.7 Å². The molecule has 0 fully saturated rings. The molecule has 6 heteroatoms. The summed E-state index contributed by atoms with van der Waals surface area (Å²) in [4.78, 5) is 6.70. The molecule has 0 atom stereocenters. The zero-order chi connectivity index (χ0) is 18.2. The van der Waals surface area contributed by atoms with E-state index in [9.17, 15) is 4.39 Å². The summed E-state index contributed by atoms with van der Waals surface area (Å²) in [6.07, 6.45) is 0.921. The fraction of sp³-hybridized carbons (Fsp3) is 0.474. The van der Waals surface area contributed by atoms with Crippen LogP contribution in [0.5, 0.6) is 0 Å². The van der Waals surface area contributed by atoms with Crippen molar-refractivity contribution >= 4 is 5.96 Å². The topological polar surface area (TPSA) is 45.5 Å². The minimum absolute atomic E-state index is 0.210. The molecule has 1 heterocycles. The third-order valence-corrected chi connectivity index (χ3v) is 3.90. The Morgan fingerprint density at radius 2 is 2.12 bits per heavy atom. The lowest BCUT2D eigenvalue weighted by molar-refractivity contribution is 0.473. The Bertz CT molecular complexity index is 708. The molecular formula is C19H28FN5. The maximum Gasteiger partial charge on any atom is 0.193 e. The van der Waals surface area contributed by atoms with E-state index in [-0.39, 0.29) is 5.82 Å². The van der Waals surface area contributed by atoms with Crippen LogP contribution >= 0.6 is 0 Å². The summed E-state index contributed by atoms with van der Waals surface area (Å²) in [6, 6.07) is 8.76. The molecule has 5 nitrogen and oxygen atoms in total. The Morgan fingerprint density at radius 3 is 2.76 bits per heavy atom. The van der Waals surface area contributed by atoms with Crippen molar-refractivity contribution in [3.63, 3.8) is 0 Å². The number of aryl methyl sites for hydroxylation is 3. The van der Waals surface area contributed by atoms with E-state index in [0.717, 1.165) is 36.7 Å². The van der Waals surface area contributed by atoms with Gasteiger partial charge in [-0.05, 0) is 51.0 Å². The number of nitrogens with one attached hydrogen (secondary N) is 1. The minimum atomic E-state index is -0.210. The number of aromatic nitrogens is 2. The zero-order valence-electron chi connectivity index (χ0n) is 15.6. The van der Waals surface area contributed by atoms with Crippen molar-refractivity contribution in [3.8, 4) is 0 Å². The van der Waals surface area contributed by atoms with Gasteiger partial charge in [-0.2, -0.15) is 5.10 Å². The highest BCUT2D eigenvalue weighted by Gasteiger charge is 2.07. The average Bonchev–Trinajstić information content (AvgIpc) is 2.88. The number of rotatable bonds is 7. The first-order chi connectivity index (χ1) is 12.0. The van der Waals surface area contributed by atoms with E-state index in [4.69, 9.17) is 0 Å². The molecule has 136 valence electrons. The van der Waals surface area contributed by atoms with Crippen LogP contribution in [0.3, 0.4) is 0 Å². The number of hydrogen-bond acceptors (Lipinski definition) is 2. The molecule has 0 radical (unpaired) electrons. The molecule has 1 aromatic heterocycles. The second kappa shape index (κ2) is 9.20. The number of halogens is 1. The van der Waals surface area contributed by atoms with Crippen LogP contribution < -0.4 is 5.32 Å². The largest absolute Gasteiger partial charge is 0.357 e. The first-order valence-corrected chi connectivity index (χ1v) is 8.74. The maximum absolute atomic E-state index is 13.3. The standard InChI is InChI=1S/C19H28FN5/c1-5-21-19(24(4)14-17-8-6-9-18(20)13-17)22-10-7-11-25-16(3)12-15(2)23-25/h6,8-9,12-13H,5,7,10-11,14H2,1-4H3,(H,21,22). The van der Waals surface area contributed by atoms with Crippen LogP contribution in [-0.4, -0.2) is 40.8 Å². The van der Waals surface area contributed by atoms with E-state index in [1.807, 2.05) is 36.5 Å². The van der Waals surface area contributed by atoms with Gasteiger partial charge in [0.1, 0.15) is 5.82 Å². The molecule has 0 spiro atoms. The molecule has 0 saturated carbocycles. The molecule has 1 N–H and O–H groups in total. The minimum Gasteiger partial charge on any atom is -0.357 e. The number of hydrogen-bond donors (Lipinski definition) is 1. The molecule has 2 aromatic rings. The van der Waals surface area contributed by atoms with Gasteiger partial charge < -0.3 is 10.2 Å². The lowest BCUT2D eigenvalue weighted by Crippen LogP contribution is -2.38. The molecule has 0 bridgehead atoms. The number of aliphatic imine (C=N–C) groups is 1. The molecule has 2 rings (SSSR count). The van der Waals surface area contributed by atoms with Gasteiger partial charge >= 0.3 is 0 Å². The van der Waals surface area contributed by atoms with Crippen LogP contribution in [0.15, 0.2) is 35.3 Å². The lowest BCUT2D eigenvalue weighted by Gasteiger charge is -2.22. The zero-order valence-corrected chi connectivity index (χ0v) is 15.6. The van der Waals surface area contributed by atoms with Gasteiger partial charge in [-0.15, -0.1) is 0 Å². The van der Waals surface area contributed by atoms with Crippen molar-refractivity contribution in [1.29, 1.82) is 0 Å². The van der Waals surface area contributed by atoms with Gasteiger partial charge in [0.2, 0.25) is 0 Å². The van der Waals surface area contributed by atoms with Gasteiger partial charge in [-0.3, -0.25) is 9.67 Å². The Kier molecular flexibility index (Phi) is 6.98. The predicted octanol–water partition coefficient (Wildman–Crippen LogP) is 3.13. The van der Waals surface area contributed by atoms with E-state index in [1.54, 1.807) is 12.1 Å². The van der Waals surface area contributed by atoms with Crippen LogP contribution in [0.1, 0.15) is 30.3 Å². The van der Waals surface area contributed by atoms with Crippen LogP contribution in [-0.2, 0) is 13.1 Å². The van der Waals surface area contributed by atoms with Crippen molar-refractivity contribution in [2.75, 3.05) is 20.1 Å². The number of nitrogens with zero attached hydrogens (tertiary/aromatic N) is 4. The highest BCUT2D eigenvalue weighted by Crippen LogP contribution is 2.07. The quantitative estimate of drug-likeness (QED) is 0.476. The van der Waals surface area contributed by atoms with Crippen LogP contribution in [0.2, 0.25) is 0 Å². The molecule has 1 aromatic carbocycles. The van der Waals surface area contributed by atoms with E-state index >= 15 is 0 Å². The third kappa shape index (κ3) is 5.89. The number of benzene rings is 1. The van der Waals surface area contributed by atoms with E-state index in [2.05, 4.69) is 28.4 Å². The summed E-state index contributed by atoms with van der Waals surface area (Å²) < 4.78 is 15.4. The van der Waals surface area contributed by atoms with Crippen LogP contribution in [0.25, 0.3) is 0 Å². The molecule has 0 aliphatic carbocycles. The fourth-order valence-corrected chi connectivity index (χ4v) is 2.76. The molecule has 0 aliphatic rings. The Labute approximate surface area is 149 Å². The van der Waals surface area contributed by atoms with Gasteiger partial charge in [0.05, 0.1) is 5.69 Å². The smallest absolute Gasteiger partial charge is 0.193 e. The molecule has 25 heavy (non-hydrogen) atoms. The third-order valence-electron chi connectivity index (χ3n) is 3.90. The van der Waals surface area contributed by atoms with E-state index in [1.165, 1.54) is 11.8 Å². The Hall–Kier alpha value is -2.37. The Morgan fingerprint density at radius 1 is 1.32 bits per heavy atom. The summed E-state index contributed by atoms with van der Waals surface area (Å²) in [5.74, 6) is 0.623. The second-order valence-electron chi connectivity index (χ2n) is 6.23. The average molecular weight is 345 g/mol. The van der Waals surface area contributed by atoms with E-state index in [0.29, 0.717) is 13.1 Å². The van der Waals surface area contributed by atoms with Crippen molar-refractivity contribution < 1.29 is 4.39 Å². The monoisotopic (exact) mass is 345 g/mol. The summed E-state index contributed by atoms with van der Waals surface area (Å²) in [6.45, 7) is 9.10. The fourth-order valence-electron chi connectivity index (χ4n) is 2.76. The normalized spacial score (nSPS) is 11.6. The van der Waals surface area contributed by atoms with Gasteiger partial charge in [-0.25, -0.2) is 4.39 Å². The molecule has 0 unspecified atom stereocenters. The molecule has 0 saturated heterocycles. The summed E-state index contributed by atoms with van der Waals surface area (Å²) in [5.41, 5.74) is 3.15. The summed E-state index contributed by atoms with van der Waals surface area (Å²) >= 11 is 0. The second-order valence-corrected chi connectivity index (χ2v) is 6.23. The van der Waals surface area contributed by atoms with Gasteiger partial charge in [-0.1, -0.05) is 12.1 Å². The number of guanidine groups is 1. The summed E-state index contributed by atoms with van der Waals surface area (Å²) in [5, 5.41) is 7.76. The van der Waals surface area contributed by atoms with Crippen molar-refractivity contribution in [2.45, 2.75) is 40.3 Å². The Balaban J connectivity index is 1.91. The van der Waals surface area contributed by atoms with E-state index < -0.39 is 0 Å². The SMILES string of the molecule is CCNC(=NCCCn1nc(C)cc1C)N(C)Cc1cccc(F)c1. The molecule has 0 amide bonds. The lowest BCUT2D eigenvalue weighted by atomic mass is 10.2. The molecular weight excluding hydrogens is 317 g/mol. The maximum atomic E-state index is 13.3. The first kappa shape index (κ1) is 19.0. The first-order valence-electron chi connectivity index (χ1n) is 8.74. The molecule has 0 aliphatic heterocycles. The van der Waals surface area contributed by atoms with Gasteiger partial charge in [0.15, 0.2) is 5.96 Å². The van der Waals surface area contributed by atoms with Crippen molar-refractivity contribution in [2.24, 2.45) is 4.99 Å². The van der Waals surface area contributed by atoms with Gasteiger partial charge in [0, 0.05) is 38.9 Å².